The van der Waals surface area contributed by atoms with Crippen LogP contribution >= 0.6 is 11.6 Å². The molecule has 0 aromatic heterocycles. The molecular formula is C13H15ClO. The maximum Gasteiger partial charge on any atom is 0.140 e. The van der Waals surface area contributed by atoms with Gasteiger partial charge in [0.25, 0.3) is 0 Å². The molecule has 0 aliphatic heterocycles. The van der Waals surface area contributed by atoms with Gasteiger partial charge in [-0.1, -0.05) is 42.6 Å². The number of carbonyl (C=O) groups is 1. The van der Waals surface area contributed by atoms with Crippen molar-refractivity contribution in [1.29, 1.82) is 0 Å². The van der Waals surface area contributed by atoms with Crippen LogP contribution in [0.25, 0.3) is 0 Å². The van der Waals surface area contributed by atoms with E-state index in [4.69, 9.17) is 11.6 Å². The van der Waals surface area contributed by atoms with Crippen molar-refractivity contribution in [3.8, 4) is 0 Å². The number of hydrogen-bond donors (Lipinski definition) is 0. The van der Waals surface area contributed by atoms with E-state index in [1.165, 1.54) is 12.8 Å². The molecule has 0 N–H and O–H groups in total. The molecule has 0 amide bonds. The molecule has 0 atom stereocenters. The Morgan fingerprint density at radius 3 is 2.60 bits per heavy atom. The third-order valence-electron chi connectivity index (χ3n) is 3.13. The molecule has 1 aromatic carbocycles. The fourth-order valence-corrected chi connectivity index (χ4v) is 2.42. The van der Waals surface area contributed by atoms with Crippen LogP contribution < -0.4 is 0 Å². The number of hydrogen-bond acceptors (Lipinski definition) is 1. The summed E-state index contributed by atoms with van der Waals surface area (Å²) in [6.07, 6.45) is 5.06. The molecule has 2 rings (SSSR count). The predicted octanol–water partition coefficient (Wildman–Crippen LogP) is 3.64. The summed E-state index contributed by atoms with van der Waals surface area (Å²) in [7, 11) is 0. The molecule has 2 heteroatoms. The van der Waals surface area contributed by atoms with Crippen LogP contribution in [0, 0.1) is 5.92 Å². The molecule has 1 nitrogen and oxygen atoms in total. The van der Waals surface area contributed by atoms with Crippen molar-refractivity contribution in [3.05, 3.63) is 34.9 Å². The first-order chi connectivity index (χ1) is 7.27. The fraction of sp³-hybridized carbons (Fsp3) is 0.462. The molecule has 0 spiro atoms. The lowest BCUT2D eigenvalue weighted by atomic mass is 9.97. The summed E-state index contributed by atoms with van der Waals surface area (Å²) in [4.78, 5) is 11.9. The predicted molar refractivity (Wildman–Crippen MR) is 62.1 cm³/mol. The SMILES string of the molecule is O=C(Cc1ccccc1Cl)C1CCCC1. The third-order valence-corrected chi connectivity index (χ3v) is 3.50. The molecule has 0 bridgehead atoms. The smallest absolute Gasteiger partial charge is 0.140 e. The molecule has 0 unspecified atom stereocenters. The van der Waals surface area contributed by atoms with E-state index in [-0.39, 0.29) is 0 Å². The van der Waals surface area contributed by atoms with E-state index >= 15 is 0 Å². The normalized spacial score (nSPS) is 16.9. The lowest BCUT2D eigenvalue weighted by molar-refractivity contribution is -0.122. The second-order valence-corrected chi connectivity index (χ2v) is 4.62. The lowest BCUT2D eigenvalue weighted by Gasteiger charge is -2.08. The van der Waals surface area contributed by atoms with Gasteiger partial charge in [-0.3, -0.25) is 4.79 Å². The zero-order valence-corrected chi connectivity index (χ0v) is 9.46. The highest BCUT2D eigenvalue weighted by Crippen LogP contribution is 2.27. The largest absolute Gasteiger partial charge is 0.299 e. The minimum absolute atomic E-state index is 0.293. The Hall–Kier alpha value is -0.820. The topological polar surface area (TPSA) is 17.1 Å². The Morgan fingerprint density at radius 1 is 1.27 bits per heavy atom. The number of ketones is 1. The summed E-state index contributed by atoms with van der Waals surface area (Å²) in [5.74, 6) is 0.655. The van der Waals surface area contributed by atoms with Gasteiger partial charge in [0.2, 0.25) is 0 Å². The molecule has 1 saturated carbocycles. The first-order valence-electron chi connectivity index (χ1n) is 5.53. The van der Waals surface area contributed by atoms with Gasteiger partial charge in [-0.05, 0) is 24.5 Å². The third kappa shape index (κ3) is 2.60. The van der Waals surface area contributed by atoms with Gasteiger partial charge in [-0.15, -0.1) is 0 Å². The highest BCUT2D eigenvalue weighted by Gasteiger charge is 2.22. The first kappa shape index (κ1) is 10.7. The van der Waals surface area contributed by atoms with E-state index in [1.807, 2.05) is 24.3 Å². The number of rotatable bonds is 3. The molecule has 80 valence electrons. The number of halogens is 1. The van der Waals surface area contributed by atoms with Gasteiger partial charge in [0.05, 0.1) is 0 Å². The standard InChI is InChI=1S/C13H15ClO/c14-12-8-4-3-7-11(12)9-13(15)10-5-1-2-6-10/h3-4,7-8,10H,1-2,5-6,9H2. The van der Waals surface area contributed by atoms with Crippen LogP contribution in [0.5, 0.6) is 0 Å². The number of carbonyl (C=O) groups excluding carboxylic acids is 1. The van der Waals surface area contributed by atoms with Crippen molar-refractivity contribution in [3.63, 3.8) is 0 Å². The minimum Gasteiger partial charge on any atom is -0.299 e. The summed E-state index contributed by atoms with van der Waals surface area (Å²) < 4.78 is 0. The Morgan fingerprint density at radius 2 is 1.93 bits per heavy atom. The van der Waals surface area contributed by atoms with E-state index in [0.717, 1.165) is 18.4 Å². The van der Waals surface area contributed by atoms with E-state index in [9.17, 15) is 4.79 Å². The number of Topliss-reactive ketones (excluding diaryl/α,β-unsaturated/α-hetero) is 1. The molecular weight excluding hydrogens is 208 g/mol. The van der Waals surface area contributed by atoms with Crippen LogP contribution in [0.15, 0.2) is 24.3 Å². The van der Waals surface area contributed by atoms with E-state index in [0.29, 0.717) is 23.1 Å². The van der Waals surface area contributed by atoms with Crippen molar-refractivity contribution in [2.75, 3.05) is 0 Å². The Labute approximate surface area is 95.4 Å². The van der Waals surface area contributed by atoms with Gasteiger partial charge >= 0.3 is 0 Å². The molecule has 1 aliphatic carbocycles. The highest BCUT2D eigenvalue weighted by molar-refractivity contribution is 6.31. The fourth-order valence-electron chi connectivity index (χ4n) is 2.22. The molecule has 1 aliphatic rings. The van der Waals surface area contributed by atoms with Gasteiger partial charge in [0.15, 0.2) is 0 Å². The second-order valence-electron chi connectivity index (χ2n) is 4.22. The van der Waals surface area contributed by atoms with Gasteiger partial charge < -0.3 is 0 Å². The van der Waals surface area contributed by atoms with Crippen molar-refractivity contribution in [2.24, 2.45) is 5.92 Å². The summed E-state index contributed by atoms with van der Waals surface area (Å²) in [5, 5.41) is 0.712. The molecule has 1 fully saturated rings. The van der Waals surface area contributed by atoms with Gasteiger partial charge in [0, 0.05) is 17.4 Å². The summed E-state index contributed by atoms with van der Waals surface area (Å²) in [6.45, 7) is 0. The average Bonchev–Trinajstić information content (AvgIpc) is 2.74. The molecule has 15 heavy (non-hydrogen) atoms. The molecule has 0 saturated heterocycles. The monoisotopic (exact) mass is 222 g/mol. The van der Waals surface area contributed by atoms with Crippen molar-refractivity contribution >= 4 is 17.4 Å². The summed E-state index contributed by atoms with van der Waals surface area (Å²) in [5.41, 5.74) is 0.969. The van der Waals surface area contributed by atoms with Crippen LogP contribution in [0.3, 0.4) is 0 Å². The van der Waals surface area contributed by atoms with Crippen molar-refractivity contribution < 1.29 is 4.79 Å². The molecule has 1 aromatic rings. The van der Waals surface area contributed by atoms with Crippen molar-refractivity contribution in [2.45, 2.75) is 32.1 Å². The maximum absolute atomic E-state index is 11.9. The molecule has 0 radical (unpaired) electrons. The van der Waals surface area contributed by atoms with Crippen LogP contribution in [-0.4, -0.2) is 5.78 Å². The van der Waals surface area contributed by atoms with Crippen LogP contribution in [0.2, 0.25) is 5.02 Å². The lowest BCUT2D eigenvalue weighted by Crippen LogP contribution is -2.13. The van der Waals surface area contributed by atoms with Gasteiger partial charge in [0.1, 0.15) is 5.78 Å². The van der Waals surface area contributed by atoms with E-state index in [2.05, 4.69) is 0 Å². The average molecular weight is 223 g/mol. The van der Waals surface area contributed by atoms with E-state index in [1.54, 1.807) is 0 Å². The molecule has 0 heterocycles. The zero-order valence-electron chi connectivity index (χ0n) is 8.71. The maximum atomic E-state index is 11.9. The van der Waals surface area contributed by atoms with Crippen LogP contribution in [-0.2, 0) is 11.2 Å². The summed E-state index contributed by atoms with van der Waals surface area (Å²) in [6, 6.07) is 7.61. The van der Waals surface area contributed by atoms with Crippen molar-refractivity contribution in [1.82, 2.24) is 0 Å². The Bertz CT molecular complexity index is 353. The quantitative estimate of drug-likeness (QED) is 0.763. The van der Waals surface area contributed by atoms with Gasteiger partial charge in [-0.2, -0.15) is 0 Å². The Balaban J connectivity index is 2.02. The van der Waals surface area contributed by atoms with Crippen LogP contribution in [0.1, 0.15) is 31.2 Å². The second kappa shape index (κ2) is 4.80. The first-order valence-corrected chi connectivity index (χ1v) is 5.91. The zero-order chi connectivity index (χ0) is 10.7. The van der Waals surface area contributed by atoms with E-state index < -0.39 is 0 Å². The van der Waals surface area contributed by atoms with Crippen LogP contribution in [0.4, 0.5) is 0 Å². The van der Waals surface area contributed by atoms with Gasteiger partial charge in [-0.25, -0.2) is 0 Å². The minimum atomic E-state index is 0.293. The summed E-state index contributed by atoms with van der Waals surface area (Å²) >= 11 is 6.02. The number of benzene rings is 1. The Kier molecular flexibility index (Phi) is 3.42. The highest BCUT2D eigenvalue weighted by atomic mass is 35.5.